The third kappa shape index (κ3) is 5.28. The molecule has 3 aromatic rings. The zero-order chi connectivity index (χ0) is 23.4. The van der Waals surface area contributed by atoms with Crippen LogP contribution in [0.3, 0.4) is 0 Å². The molecule has 0 spiro atoms. The van der Waals surface area contributed by atoms with Crippen molar-refractivity contribution in [1.82, 2.24) is 5.32 Å². The van der Waals surface area contributed by atoms with Gasteiger partial charge in [0, 0.05) is 0 Å². The number of nitrogens with zero attached hydrogens (tertiary/aromatic N) is 1. The minimum absolute atomic E-state index is 0.155. The zero-order valence-corrected chi connectivity index (χ0v) is 19.9. The van der Waals surface area contributed by atoms with Gasteiger partial charge in [-0.1, -0.05) is 48.5 Å². The van der Waals surface area contributed by atoms with Crippen LogP contribution >= 0.6 is 0 Å². The Kier molecular flexibility index (Phi) is 6.84. The van der Waals surface area contributed by atoms with Gasteiger partial charge in [-0.05, 0) is 86.1 Å². The number of hydrogen-bond donors (Lipinski definition) is 1. The lowest BCUT2D eigenvalue weighted by Gasteiger charge is -2.26. The van der Waals surface area contributed by atoms with Crippen LogP contribution in [0.4, 0.5) is 5.69 Å². The van der Waals surface area contributed by atoms with Crippen molar-refractivity contribution < 1.29 is 13.2 Å². The molecule has 0 fully saturated rings. The average Bonchev–Trinajstić information content (AvgIpc) is 2.82. The molecule has 0 unspecified atom stereocenters. The van der Waals surface area contributed by atoms with Crippen LogP contribution in [0.25, 0.3) is 0 Å². The number of fused-ring (bicyclic) bond motifs is 1. The van der Waals surface area contributed by atoms with E-state index in [4.69, 9.17) is 0 Å². The Bertz CT molecular complexity index is 1240. The molecule has 1 aliphatic carbocycles. The number of nitrogens with one attached hydrogen (secondary N) is 1. The van der Waals surface area contributed by atoms with E-state index in [1.165, 1.54) is 28.3 Å². The number of sulfonamides is 1. The number of aryl methyl sites for hydroxylation is 3. The average molecular weight is 463 g/mol. The van der Waals surface area contributed by atoms with Crippen LogP contribution < -0.4 is 9.62 Å². The molecule has 5 nitrogen and oxygen atoms in total. The molecule has 0 aromatic heterocycles. The van der Waals surface area contributed by atoms with Gasteiger partial charge in [0.25, 0.3) is 10.0 Å². The minimum Gasteiger partial charge on any atom is -0.348 e. The van der Waals surface area contributed by atoms with Crippen LogP contribution in [0.15, 0.2) is 77.7 Å². The molecular weight excluding hydrogens is 432 g/mol. The van der Waals surface area contributed by atoms with E-state index >= 15 is 0 Å². The van der Waals surface area contributed by atoms with Gasteiger partial charge in [-0.15, -0.1) is 0 Å². The van der Waals surface area contributed by atoms with Crippen LogP contribution in [-0.2, 0) is 27.7 Å². The second-order valence-electron chi connectivity index (χ2n) is 8.69. The van der Waals surface area contributed by atoms with Gasteiger partial charge in [-0.3, -0.25) is 9.10 Å². The van der Waals surface area contributed by atoms with Crippen LogP contribution in [0, 0.1) is 6.92 Å². The molecule has 0 saturated heterocycles. The molecule has 1 N–H and O–H groups in total. The number of carbonyl (C=O) groups excluding carboxylic acids is 1. The molecule has 172 valence electrons. The molecule has 6 heteroatoms. The fourth-order valence-corrected chi connectivity index (χ4v) is 5.78. The van der Waals surface area contributed by atoms with Gasteiger partial charge in [0.05, 0.1) is 16.6 Å². The quantitative estimate of drug-likeness (QED) is 0.540. The minimum atomic E-state index is -3.91. The topological polar surface area (TPSA) is 66.5 Å². The molecule has 0 aliphatic heterocycles. The summed E-state index contributed by atoms with van der Waals surface area (Å²) in [4.78, 5) is 13.2. The predicted octanol–water partition coefficient (Wildman–Crippen LogP) is 4.95. The van der Waals surface area contributed by atoms with E-state index in [-0.39, 0.29) is 23.4 Å². The number of anilines is 1. The maximum atomic E-state index is 13.4. The molecule has 33 heavy (non-hydrogen) atoms. The van der Waals surface area contributed by atoms with Crippen LogP contribution in [0.2, 0.25) is 0 Å². The molecule has 0 saturated carbocycles. The van der Waals surface area contributed by atoms with Gasteiger partial charge in [0.2, 0.25) is 5.91 Å². The summed E-state index contributed by atoms with van der Waals surface area (Å²) in [5, 5.41) is 3.00. The van der Waals surface area contributed by atoms with E-state index in [1.54, 1.807) is 48.5 Å². The summed E-state index contributed by atoms with van der Waals surface area (Å²) in [5.74, 6) is -0.346. The lowest BCUT2D eigenvalue weighted by atomic mass is 9.89. The van der Waals surface area contributed by atoms with Crippen molar-refractivity contribution in [3.63, 3.8) is 0 Å². The van der Waals surface area contributed by atoms with Crippen molar-refractivity contribution in [2.24, 2.45) is 0 Å². The Labute approximate surface area is 196 Å². The highest BCUT2D eigenvalue weighted by Crippen LogP contribution is 2.26. The first kappa shape index (κ1) is 23.1. The van der Waals surface area contributed by atoms with Crippen LogP contribution in [0.5, 0.6) is 0 Å². The highest BCUT2D eigenvalue weighted by molar-refractivity contribution is 7.92. The second kappa shape index (κ2) is 9.79. The number of rotatable bonds is 7. The first-order valence-electron chi connectivity index (χ1n) is 11.4. The van der Waals surface area contributed by atoms with Gasteiger partial charge in [-0.2, -0.15) is 0 Å². The van der Waals surface area contributed by atoms with Crippen LogP contribution in [-0.4, -0.2) is 20.9 Å². The normalized spacial score (nSPS) is 14.2. The number of hydrogen-bond acceptors (Lipinski definition) is 3. The van der Waals surface area contributed by atoms with E-state index in [9.17, 15) is 13.2 Å². The Balaban J connectivity index is 1.56. The van der Waals surface area contributed by atoms with Gasteiger partial charge >= 0.3 is 0 Å². The molecule has 0 heterocycles. The van der Waals surface area contributed by atoms with E-state index < -0.39 is 10.0 Å². The highest BCUT2D eigenvalue weighted by atomic mass is 32.2. The maximum Gasteiger partial charge on any atom is 0.264 e. The first-order valence-corrected chi connectivity index (χ1v) is 12.8. The van der Waals surface area contributed by atoms with Crippen molar-refractivity contribution in [1.29, 1.82) is 0 Å². The summed E-state index contributed by atoms with van der Waals surface area (Å²) in [5.41, 5.74) is 5.17. The fourth-order valence-electron chi connectivity index (χ4n) is 4.34. The van der Waals surface area contributed by atoms with Crippen molar-refractivity contribution in [3.05, 3.63) is 95.1 Å². The molecule has 0 bridgehead atoms. The Morgan fingerprint density at radius 3 is 2.39 bits per heavy atom. The van der Waals surface area contributed by atoms with Crippen molar-refractivity contribution >= 4 is 21.6 Å². The summed E-state index contributed by atoms with van der Waals surface area (Å²) in [6, 6.07) is 21.6. The zero-order valence-electron chi connectivity index (χ0n) is 19.1. The van der Waals surface area contributed by atoms with Crippen LogP contribution in [0.1, 0.15) is 48.1 Å². The lowest BCUT2D eigenvalue weighted by molar-refractivity contribution is -0.120. The van der Waals surface area contributed by atoms with Crippen molar-refractivity contribution in [2.45, 2.75) is 50.5 Å². The molecule has 0 radical (unpaired) electrons. The Morgan fingerprint density at radius 2 is 1.67 bits per heavy atom. The first-order chi connectivity index (χ1) is 15.8. The van der Waals surface area contributed by atoms with E-state index in [0.717, 1.165) is 24.0 Å². The SMILES string of the molecule is Cc1cccc(N(CC(=O)N[C@H](C)c2ccc3c(c2)CCCC3)S(=O)(=O)c2ccccc2)c1. The number of amides is 1. The van der Waals surface area contributed by atoms with Gasteiger partial charge in [-0.25, -0.2) is 8.42 Å². The number of carbonyl (C=O) groups is 1. The monoisotopic (exact) mass is 462 g/mol. The third-order valence-corrected chi connectivity index (χ3v) is 7.95. The molecule has 4 rings (SSSR count). The predicted molar refractivity (Wildman–Crippen MR) is 132 cm³/mol. The van der Waals surface area contributed by atoms with Gasteiger partial charge in [0.1, 0.15) is 6.54 Å². The standard InChI is InChI=1S/C27H30N2O3S/c1-20-9-8-12-25(17-20)29(33(31,32)26-13-4-3-5-14-26)19-27(30)28-21(2)23-16-15-22-10-6-7-11-24(22)18-23/h3-5,8-9,12-18,21H,6-7,10-11,19H2,1-2H3,(H,28,30)/t21-/m1/s1. The number of benzene rings is 3. The fraction of sp³-hybridized carbons (Fsp3) is 0.296. The summed E-state index contributed by atoms with van der Waals surface area (Å²) < 4.78 is 28.1. The third-order valence-electron chi connectivity index (χ3n) is 6.16. The van der Waals surface area contributed by atoms with Gasteiger partial charge in [0.15, 0.2) is 0 Å². The largest absolute Gasteiger partial charge is 0.348 e. The second-order valence-corrected chi connectivity index (χ2v) is 10.6. The molecular formula is C27H30N2O3S. The highest BCUT2D eigenvalue weighted by Gasteiger charge is 2.27. The Hall–Kier alpha value is -3.12. The van der Waals surface area contributed by atoms with E-state index in [0.29, 0.717) is 5.69 Å². The molecule has 1 aliphatic rings. The molecule has 1 atom stereocenters. The summed E-state index contributed by atoms with van der Waals surface area (Å²) in [6.07, 6.45) is 4.60. The lowest BCUT2D eigenvalue weighted by Crippen LogP contribution is -2.41. The van der Waals surface area contributed by atoms with E-state index in [1.807, 2.05) is 19.9 Å². The Morgan fingerprint density at radius 1 is 0.939 bits per heavy atom. The van der Waals surface area contributed by atoms with Gasteiger partial charge < -0.3 is 5.32 Å². The molecule has 1 amide bonds. The molecule has 3 aromatic carbocycles. The summed E-state index contributed by atoms with van der Waals surface area (Å²) >= 11 is 0. The summed E-state index contributed by atoms with van der Waals surface area (Å²) in [6.45, 7) is 3.54. The van der Waals surface area contributed by atoms with Crippen molar-refractivity contribution in [3.8, 4) is 0 Å². The van der Waals surface area contributed by atoms with Crippen molar-refractivity contribution in [2.75, 3.05) is 10.8 Å². The maximum absolute atomic E-state index is 13.4. The van der Waals surface area contributed by atoms with E-state index in [2.05, 4.69) is 23.5 Å². The smallest absolute Gasteiger partial charge is 0.264 e. The summed E-state index contributed by atoms with van der Waals surface area (Å²) in [7, 11) is -3.91.